The first-order chi connectivity index (χ1) is 10.6. The van der Waals surface area contributed by atoms with Crippen molar-refractivity contribution in [2.75, 3.05) is 0 Å². The monoisotopic (exact) mass is 298 g/mol. The Bertz CT molecular complexity index is 882. The van der Waals surface area contributed by atoms with Crippen molar-refractivity contribution in [3.63, 3.8) is 0 Å². The Morgan fingerprint density at radius 1 is 1.32 bits per heavy atom. The van der Waals surface area contributed by atoms with Crippen LogP contribution in [-0.2, 0) is 17.9 Å². The number of aromatic nitrogens is 3. The molecule has 3 rings (SSSR count). The standard InChI is InChI=1S/C15H14N4O3/c1-10-6-11(18-9-17-10)7-16-14(20)8-19-12-4-2-3-5-13(12)22-15(19)21/h2-6,9H,7-8H2,1H3,(H,16,20). The predicted octanol–water partition coefficient (Wildman–Crippen LogP) is 1.01. The van der Waals surface area contributed by atoms with E-state index in [1.54, 1.807) is 30.3 Å². The summed E-state index contributed by atoms with van der Waals surface area (Å²) in [4.78, 5) is 31.9. The van der Waals surface area contributed by atoms with E-state index in [0.717, 1.165) is 5.69 Å². The third-order valence-corrected chi connectivity index (χ3v) is 3.20. The van der Waals surface area contributed by atoms with Gasteiger partial charge < -0.3 is 9.73 Å². The van der Waals surface area contributed by atoms with E-state index in [1.165, 1.54) is 10.9 Å². The minimum absolute atomic E-state index is 0.0973. The minimum atomic E-state index is -0.547. The summed E-state index contributed by atoms with van der Waals surface area (Å²) in [5.41, 5.74) is 2.61. The zero-order chi connectivity index (χ0) is 15.5. The molecule has 1 aromatic carbocycles. The lowest BCUT2D eigenvalue weighted by molar-refractivity contribution is -0.121. The molecule has 3 aromatic rings. The number of para-hydroxylation sites is 2. The van der Waals surface area contributed by atoms with Gasteiger partial charge in [-0.2, -0.15) is 0 Å². The molecular weight excluding hydrogens is 284 g/mol. The molecule has 0 aliphatic heterocycles. The molecule has 0 atom stereocenters. The van der Waals surface area contributed by atoms with E-state index in [9.17, 15) is 9.59 Å². The average Bonchev–Trinajstić information content (AvgIpc) is 2.81. The van der Waals surface area contributed by atoms with E-state index >= 15 is 0 Å². The maximum atomic E-state index is 12.0. The summed E-state index contributed by atoms with van der Waals surface area (Å²) in [5.74, 6) is -0.834. The summed E-state index contributed by atoms with van der Waals surface area (Å²) >= 11 is 0. The molecule has 0 saturated heterocycles. The maximum absolute atomic E-state index is 12.0. The van der Waals surface area contributed by atoms with Gasteiger partial charge in [0.1, 0.15) is 12.9 Å². The Kier molecular flexibility index (Phi) is 3.69. The number of oxazole rings is 1. The average molecular weight is 298 g/mol. The van der Waals surface area contributed by atoms with Crippen LogP contribution in [0.2, 0.25) is 0 Å². The van der Waals surface area contributed by atoms with Gasteiger partial charge in [0.25, 0.3) is 0 Å². The highest BCUT2D eigenvalue weighted by molar-refractivity contribution is 5.79. The zero-order valence-electron chi connectivity index (χ0n) is 11.9. The van der Waals surface area contributed by atoms with Gasteiger partial charge in [0.2, 0.25) is 5.91 Å². The summed E-state index contributed by atoms with van der Waals surface area (Å²) in [6, 6.07) is 8.78. The number of amides is 1. The molecule has 2 aromatic heterocycles. The number of nitrogens with one attached hydrogen (secondary N) is 1. The van der Waals surface area contributed by atoms with Crippen LogP contribution in [0.15, 0.2) is 45.9 Å². The van der Waals surface area contributed by atoms with Crippen LogP contribution in [0.5, 0.6) is 0 Å². The van der Waals surface area contributed by atoms with Gasteiger partial charge in [-0.25, -0.2) is 14.8 Å². The summed E-state index contributed by atoms with van der Waals surface area (Å²) in [6.45, 7) is 2.04. The topological polar surface area (TPSA) is 90.0 Å². The Labute approximate surface area is 125 Å². The van der Waals surface area contributed by atoms with E-state index in [2.05, 4.69) is 15.3 Å². The van der Waals surface area contributed by atoms with E-state index in [1.807, 2.05) is 6.92 Å². The smallest absolute Gasteiger partial charge is 0.408 e. The van der Waals surface area contributed by atoms with Gasteiger partial charge in [-0.3, -0.25) is 9.36 Å². The van der Waals surface area contributed by atoms with Gasteiger partial charge in [-0.1, -0.05) is 12.1 Å². The minimum Gasteiger partial charge on any atom is -0.408 e. The number of benzene rings is 1. The molecule has 0 aliphatic rings. The number of aryl methyl sites for hydroxylation is 1. The Morgan fingerprint density at radius 3 is 2.95 bits per heavy atom. The Morgan fingerprint density at radius 2 is 2.14 bits per heavy atom. The molecule has 0 radical (unpaired) electrons. The predicted molar refractivity (Wildman–Crippen MR) is 79.1 cm³/mol. The number of rotatable bonds is 4. The molecule has 22 heavy (non-hydrogen) atoms. The van der Waals surface area contributed by atoms with Crippen LogP contribution in [0.3, 0.4) is 0 Å². The van der Waals surface area contributed by atoms with Crippen LogP contribution < -0.4 is 11.1 Å². The fourth-order valence-electron chi connectivity index (χ4n) is 2.16. The molecule has 0 saturated carbocycles. The summed E-state index contributed by atoms with van der Waals surface area (Å²) < 4.78 is 6.39. The number of carbonyl (C=O) groups excluding carboxylic acids is 1. The molecule has 1 N–H and O–H groups in total. The lowest BCUT2D eigenvalue weighted by atomic mass is 10.3. The van der Waals surface area contributed by atoms with E-state index in [4.69, 9.17) is 4.42 Å². The van der Waals surface area contributed by atoms with Crippen molar-refractivity contribution in [1.29, 1.82) is 0 Å². The van der Waals surface area contributed by atoms with Crippen molar-refractivity contribution in [1.82, 2.24) is 19.9 Å². The van der Waals surface area contributed by atoms with Crippen LogP contribution >= 0.6 is 0 Å². The highest BCUT2D eigenvalue weighted by Gasteiger charge is 2.12. The second-order valence-corrected chi connectivity index (χ2v) is 4.85. The second-order valence-electron chi connectivity index (χ2n) is 4.85. The number of hydrogen-bond acceptors (Lipinski definition) is 5. The van der Waals surface area contributed by atoms with E-state index in [-0.39, 0.29) is 19.0 Å². The molecule has 112 valence electrons. The molecule has 2 heterocycles. The van der Waals surface area contributed by atoms with Crippen LogP contribution in [-0.4, -0.2) is 20.4 Å². The summed E-state index contributed by atoms with van der Waals surface area (Å²) in [6.07, 6.45) is 1.45. The van der Waals surface area contributed by atoms with Crippen molar-refractivity contribution in [3.05, 3.63) is 58.6 Å². The molecule has 0 bridgehead atoms. The number of hydrogen-bond donors (Lipinski definition) is 1. The first-order valence-electron chi connectivity index (χ1n) is 6.76. The lowest BCUT2D eigenvalue weighted by Crippen LogP contribution is -2.30. The van der Waals surface area contributed by atoms with Crippen LogP contribution in [0.4, 0.5) is 0 Å². The third kappa shape index (κ3) is 2.88. The quantitative estimate of drug-likeness (QED) is 0.776. The molecule has 7 nitrogen and oxygen atoms in total. The van der Waals surface area contributed by atoms with Gasteiger partial charge in [-0.15, -0.1) is 0 Å². The molecule has 0 fully saturated rings. The largest absolute Gasteiger partial charge is 0.420 e. The van der Waals surface area contributed by atoms with Gasteiger partial charge in [0.15, 0.2) is 5.58 Å². The number of nitrogens with zero attached hydrogens (tertiary/aromatic N) is 3. The van der Waals surface area contributed by atoms with Crippen LogP contribution in [0.25, 0.3) is 11.1 Å². The second kappa shape index (κ2) is 5.80. The van der Waals surface area contributed by atoms with Crippen molar-refractivity contribution >= 4 is 17.0 Å². The SMILES string of the molecule is Cc1cc(CNC(=O)Cn2c(=O)oc3ccccc32)ncn1. The summed E-state index contributed by atoms with van der Waals surface area (Å²) in [7, 11) is 0. The fourth-order valence-corrected chi connectivity index (χ4v) is 2.16. The molecule has 0 unspecified atom stereocenters. The van der Waals surface area contributed by atoms with Crippen molar-refractivity contribution in [2.45, 2.75) is 20.0 Å². The highest BCUT2D eigenvalue weighted by Crippen LogP contribution is 2.11. The molecule has 0 aliphatic carbocycles. The highest BCUT2D eigenvalue weighted by atomic mass is 16.4. The molecule has 0 spiro atoms. The lowest BCUT2D eigenvalue weighted by Gasteiger charge is -2.05. The van der Waals surface area contributed by atoms with Crippen molar-refractivity contribution in [3.8, 4) is 0 Å². The fraction of sp³-hybridized carbons (Fsp3) is 0.200. The number of fused-ring (bicyclic) bond motifs is 1. The van der Waals surface area contributed by atoms with Crippen LogP contribution in [0, 0.1) is 6.92 Å². The first-order valence-corrected chi connectivity index (χ1v) is 6.76. The molecule has 7 heteroatoms. The van der Waals surface area contributed by atoms with Gasteiger partial charge in [-0.05, 0) is 25.1 Å². The summed E-state index contributed by atoms with van der Waals surface area (Å²) in [5, 5.41) is 2.73. The maximum Gasteiger partial charge on any atom is 0.420 e. The Hall–Kier alpha value is -2.96. The number of carbonyl (C=O) groups is 1. The van der Waals surface area contributed by atoms with Gasteiger partial charge >= 0.3 is 5.76 Å². The van der Waals surface area contributed by atoms with Crippen LogP contribution in [0.1, 0.15) is 11.4 Å². The van der Waals surface area contributed by atoms with Gasteiger partial charge in [0, 0.05) is 5.69 Å². The van der Waals surface area contributed by atoms with Gasteiger partial charge in [0.05, 0.1) is 17.8 Å². The third-order valence-electron chi connectivity index (χ3n) is 3.20. The molecule has 1 amide bonds. The first kappa shape index (κ1) is 14.0. The van der Waals surface area contributed by atoms with E-state index in [0.29, 0.717) is 16.8 Å². The normalized spacial score (nSPS) is 10.8. The van der Waals surface area contributed by atoms with Crippen molar-refractivity contribution in [2.24, 2.45) is 0 Å². The Balaban J connectivity index is 1.71. The van der Waals surface area contributed by atoms with Crippen molar-refractivity contribution < 1.29 is 9.21 Å². The van der Waals surface area contributed by atoms with E-state index < -0.39 is 5.76 Å². The molecular formula is C15H14N4O3. The zero-order valence-corrected chi connectivity index (χ0v) is 11.9.